The highest BCUT2D eigenvalue weighted by Crippen LogP contribution is 2.38. The van der Waals surface area contributed by atoms with Gasteiger partial charge in [-0.15, -0.1) is 11.3 Å². The Hall–Kier alpha value is -2.79. The highest BCUT2D eigenvalue weighted by Gasteiger charge is 2.28. The summed E-state index contributed by atoms with van der Waals surface area (Å²) in [6.45, 7) is -0.475. The molecule has 9 nitrogen and oxygen atoms in total. The number of fused-ring (bicyclic) bond motifs is 1. The van der Waals surface area contributed by atoms with Crippen LogP contribution in [0.5, 0.6) is 11.5 Å². The molecule has 1 heterocycles. The smallest absolute Gasteiger partial charge is 0.341 e. The number of nitrogens with one attached hydrogen (secondary N) is 1. The van der Waals surface area contributed by atoms with Gasteiger partial charge in [-0.1, -0.05) is 0 Å². The summed E-state index contributed by atoms with van der Waals surface area (Å²) in [7, 11) is 0.407. The lowest BCUT2D eigenvalue weighted by Gasteiger charge is -2.23. The molecule has 11 heteroatoms. The lowest BCUT2D eigenvalue weighted by Crippen LogP contribution is -2.37. The second kappa shape index (κ2) is 9.78. The molecule has 0 fully saturated rings. The zero-order valence-corrected chi connectivity index (χ0v) is 20.0. The molecule has 1 aromatic carbocycles. The SMILES string of the molecule is COC(=O)c1c(NC(=O)CN(c2ccc(OC)c(OC)c2)S(C)(=O)=O)sc2c1CCCC2. The second-order valence-electron chi connectivity index (χ2n) is 7.26. The number of rotatable bonds is 8. The first-order valence-corrected chi connectivity index (χ1v) is 12.6. The zero-order valence-electron chi connectivity index (χ0n) is 18.4. The van der Waals surface area contributed by atoms with Crippen LogP contribution in [0.1, 0.15) is 33.6 Å². The number of carbonyl (C=O) groups is 2. The maximum atomic E-state index is 12.9. The molecule has 1 aliphatic rings. The minimum absolute atomic E-state index is 0.249. The van der Waals surface area contributed by atoms with Crippen LogP contribution in [-0.2, 0) is 32.4 Å². The Morgan fingerprint density at radius 3 is 2.41 bits per heavy atom. The molecular formula is C21H26N2O7S2. The lowest BCUT2D eigenvalue weighted by atomic mass is 9.95. The number of methoxy groups -OCH3 is 3. The van der Waals surface area contributed by atoms with Crippen molar-refractivity contribution in [1.82, 2.24) is 0 Å². The summed E-state index contributed by atoms with van der Waals surface area (Å²) < 4.78 is 41.2. The molecule has 0 bridgehead atoms. The van der Waals surface area contributed by atoms with E-state index in [2.05, 4.69) is 5.32 Å². The largest absolute Gasteiger partial charge is 0.493 e. The minimum atomic E-state index is -3.80. The van der Waals surface area contributed by atoms with E-state index in [1.54, 1.807) is 6.07 Å². The monoisotopic (exact) mass is 482 g/mol. The molecule has 0 radical (unpaired) electrons. The van der Waals surface area contributed by atoms with Gasteiger partial charge in [-0.05, 0) is 43.4 Å². The van der Waals surface area contributed by atoms with Gasteiger partial charge in [-0.3, -0.25) is 9.10 Å². The van der Waals surface area contributed by atoms with Gasteiger partial charge in [0.05, 0.1) is 38.8 Å². The number of amides is 1. The van der Waals surface area contributed by atoms with Gasteiger partial charge in [0, 0.05) is 10.9 Å². The average molecular weight is 483 g/mol. The lowest BCUT2D eigenvalue weighted by molar-refractivity contribution is -0.114. The van der Waals surface area contributed by atoms with Crippen LogP contribution < -0.4 is 19.1 Å². The third kappa shape index (κ3) is 4.99. The van der Waals surface area contributed by atoms with Crippen LogP contribution in [0.4, 0.5) is 10.7 Å². The number of sulfonamides is 1. The molecule has 0 aliphatic heterocycles. The summed E-state index contributed by atoms with van der Waals surface area (Å²) in [6.07, 6.45) is 4.57. The van der Waals surface area contributed by atoms with E-state index in [0.717, 1.165) is 46.7 Å². The van der Waals surface area contributed by atoms with Crippen molar-refractivity contribution < 1.29 is 32.2 Å². The maximum absolute atomic E-state index is 12.9. The first-order valence-electron chi connectivity index (χ1n) is 9.92. The topological polar surface area (TPSA) is 111 Å². The second-order valence-corrected chi connectivity index (χ2v) is 10.3. The molecule has 0 atom stereocenters. The Kier molecular flexibility index (Phi) is 7.29. The highest BCUT2D eigenvalue weighted by molar-refractivity contribution is 7.92. The minimum Gasteiger partial charge on any atom is -0.493 e. The molecule has 2 aromatic rings. The van der Waals surface area contributed by atoms with E-state index in [9.17, 15) is 18.0 Å². The number of ether oxygens (including phenoxy) is 3. The predicted molar refractivity (Wildman–Crippen MR) is 123 cm³/mol. The Morgan fingerprint density at radius 2 is 1.78 bits per heavy atom. The molecule has 1 amide bonds. The summed E-state index contributed by atoms with van der Waals surface area (Å²) >= 11 is 1.34. The Morgan fingerprint density at radius 1 is 1.09 bits per heavy atom. The van der Waals surface area contributed by atoms with Gasteiger partial charge in [0.15, 0.2) is 11.5 Å². The standard InChI is InChI=1S/C21H26N2O7S2/c1-28-15-10-9-13(11-16(15)29-2)23(32(4,26)27)12-18(24)22-20-19(21(25)30-3)14-7-5-6-8-17(14)31-20/h9-11H,5-8,12H2,1-4H3,(H,22,24). The van der Waals surface area contributed by atoms with Crippen molar-refractivity contribution in [1.29, 1.82) is 0 Å². The van der Waals surface area contributed by atoms with Crippen LogP contribution in [0, 0.1) is 0 Å². The van der Waals surface area contributed by atoms with E-state index in [1.165, 1.54) is 44.8 Å². The number of carbonyl (C=O) groups excluding carboxylic acids is 2. The summed E-state index contributed by atoms with van der Waals surface area (Å²) in [6, 6.07) is 4.57. The van der Waals surface area contributed by atoms with Gasteiger partial charge in [-0.2, -0.15) is 0 Å². The van der Waals surface area contributed by atoms with Gasteiger partial charge < -0.3 is 19.5 Å². The maximum Gasteiger partial charge on any atom is 0.341 e. The van der Waals surface area contributed by atoms with Crippen molar-refractivity contribution in [2.45, 2.75) is 25.7 Å². The van der Waals surface area contributed by atoms with E-state index in [4.69, 9.17) is 14.2 Å². The highest BCUT2D eigenvalue weighted by atomic mass is 32.2. The van der Waals surface area contributed by atoms with Gasteiger partial charge in [0.2, 0.25) is 15.9 Å². The molecule has 0 saturated heterocycles. The third-order valence-corrected chi connectivity index (χ3v) is 7.50. The summed E-state index contributed by atoms with van der Waals surface area (Å²) in [5.41, 5.74) is 1.51. The van der Waals surface area contributed by atoms with E-state index in [1.807, 2.05) is 0 Å². The number of hydrogen-bond acceptors (Lipinski definition) is 8. The number of nitrogens with zero attached hydrogens (tertiary/aromatic N) is 1. The Bertz CT molecular complexity index is 1130. The van der Waals surface area contributed by atoms with Crippen molar-refractivity contribution in [3.63, 3.8) is 0 Å². The van der Waals surface area contributed by atoms with Crippen molar-refractivity contribution in [2.75, 3.05) is 43.8 Å². The molecular weight excluding hydrogens is 456 g/mol. The van der Waals surface area contributed by atoms with Crippen LogP contribution in [0.15, 0.2) is 18.2 Å². The normalized spacial score (nSPS) is 13.1. The average Bonchev–Trinajstić information content (AvgIpc) is 3.13. The third-order valence-electron chi connectivity index (χ3n) is 5.16. The molecule has 32 heavy (non-hydrogen) atoms. The number of hydrogen-bond donors (Lipinski definition) is 1. The van der Waals surface area contributed by atoms with E-state index in [0.29, 0.717) is 22.1 Å². The number of aryl methyl sites for hydroxylation is 1. The van der Waals surface area contributed by atoms with Gasteiger partial charge in [0.25, 0.3) is 0 Å². The molecule has 0 spiro atoms. The van der Waals surface area contributed by atoms with E-state index in [-0.39, 0.29) is 5.69 Å². The first kappa shape index (κ1) is 23.9. The number of esters is 1. The van der Waals surface area contributed by atoms with Crippen LogP contribution in [-0.4, -0.2) is 54.4 Å². The predicted octanol–water partition coefficient (Wildman–Crippen LogP) is 2.84. The summed E-state index contributed by atoms with van der Waals surface area (Å²) in [5.74, 6) is -0.326. The van der Waals surface area contributed by atoms with Crippen molar-refractivity contribution in [3.8, 4) is 11.5 Å². The summed E-state index contributed by atoms with van der Waals surface area (Å²) in [4.78, 5) is 26.3. The van der Waals surface area contributed by atoms with Gasteiger partial charge in [-0.25, -0.2) is 13.2 Å². The zero-order chi connectivity index (χ0) is 23.5. The fourth-order valence-electron chi connectivity index (χ4n) is 3.65. The molecule has 1 aliphatic carbocycles. The van der Waals surface area contributed by atoms with Crippen LogP contribution in [0.3, 0.4) is 0 Å². The first-order chi connectivity index (χ1) is 15.2. The quantitative estimate of drug-likeness (QED) is 0.576. The van der Waals surface area contributed by atoms with Crippen molar-refractivity contribution in [3.05, 3.63) is 34.2 Å². The molecule has 174 valence electrons. The fourth-order valence-corrected chi connectivity index (χ4v) is 5.79. The molecule has 3 rings (SSSR count). The molecule has 0 saturated carbocycles. The molecule has 0 unspecified atom stereocenters. The van der Waals surface area contributed by atoms with Crippen molar-refractivity contribution >= 4 is 43.9 Å². The molecule has 1 aromatic heterocycles. The van der Waals surface area contributed by atoms with E-state index >= 15 is 0 Å². The van der Waals surface area contributed by atoms with Crippen LogP contribution in [0.25, 0.3) is 0 Å². The Labute approximate surface area is 191 Å². The summed E-state index contributed by atoms with van der Waals surface area (Å²) in [5, 5.41) is 3.11. The van der Waals surface area contributed by atoms with Gasteiger partial charge in [0.1, 0.15) is 11.5 Å². The van der Waals surface area contributed by atoms with Crippen LogP contribution in [0.2, 0.25) is 0 Å². The van der Waals surface area contributed by atoms with Crippen molar-refractivity contribution in [2.24, 2.45) is 0 Å². The van der Waals surface area contributed by atoms with Crippen LogP contribution >= 0.6 is 11.3 Å². The Balaban J connectivity index is 1.89. The number of thiophene rings is 1. The molecule has 1 N–H and O–H groups in total. The fraction of sp³-hybridized carbons (Fsp3) is 0.429. The number of anilines is 2. The van der Waals surface area contributed by atoms with Gasteiger partial charge >= 0.3 is 5.97 Å². The number of benzene rings is 1. The van der Waals surface area contributed by atoms with E-state index < -0.39 is 28.4 Å².